The highest BCUT2D eigenvalue weighted by molar-refractivity contribution is 5.95. The molecule has 0 radical (unpaired) electrons. The van der Waals surface area contributed by atoms with Crippen LogP contribution < -0.4 is 10.6 Å². The predicted molar refractivity (Wildman–Crippen MR) is 108 cm³/mol. The van der Waals surface area contributed by atoms with Crippen molar-refractivity contribution in [3.63, 3.8) is 0 Å². The van der Waals surface area contributed by atoms with E-state index in [4.69, 9.17) is 0 Å². The van der Waals surface area contributed by atoms with E-state index in [0.717, 1.165) is 24.0 Å². The number of nitrogens with one attached hydrogen (secondary N) is 2. The summed E-state index contributed by atoms with van der Waals surface area (Å²) in [5, 5.41) is 5.77. The largest absolute Gasteiger partial charge is 0.324 e. The molecule has 5 heteroatoms. The van der Waals surface area contributed by atoms with Crippen molar-refractivity contribution >= 4 is 11.9 Å². The first-order valence-electron chi connectivity index (χ1n) is 9.57. The topological polar surface area (TPSA) is 61.4 Å². The van der Waals surface area contributed by atoms with Crippen molar-refractivity contribution in [3.05, 3.63) is 71.8 Å². The number of imide groups is 1. The van der Waals surface area contributed by atoms with Crippen molar-refractivity contribution in [3.8, 4) is 0 Å². The number of rotatable bonds is 9. The summed E-state index contributed by atoms with van der Waals surface area (Å²) in [7, 11) is 0. The number of hydrogen-bond donors (Lipinski definition) is 2. The summed E-state index contributed by atoms with van der Waals surface area (Å²) in [5.74, 6) is -0.325. The Balaban J connectivity index is 2.00. The lowest BCUT2D eigenvalue weighted by molar-refractivity contribution is -0.119. The molecule has 0 saturated carbocycles. The van der Waals surface area contributed by atoms with Gasteiger partial charge in [0, 0.05) is 13.1 Å². The van der Waals surface area contributed by atoms with Crippen LogP contribution in [-0.2, 0) is 4.79 Å². The number of carbonyl (C=O) groups excluding carboxylic acids is 2. The zero-order chi connectivity index (χ0) is 19.5. The summed E-state index contributed by atoms with van der Waals surface area (Å²) in [5.41, 5.74) is 2.14. The molecule has 0 heterocycles. The van der Waals surface area contributed by atoms with Crippen LogP contribution >= 0.6 is 0 Å². The molecular formula is C22H29N3O2. The third kappa shape index (κ3) is 6.53. The second kappa shape index (κ2) is 11.1. The zero-order valence-electron chi connectivity index (χ0n) is 16.2. The molecule has 0 aliphatic rings. The van der Waals surface area contributed by atoms with Crippen LogP contribution in [0.3, 0.4) is 0 Å². The van der Waals surface area contributed by atoms with E-state index >= 15 is 0 Å². The molecule has 0 bridgehead atoms. The summed E-state index contributed by atoms with van der Waals surface area (Å²) in [6, 6.07) is 19.5. The molecule has 0 aliphatic heterocycles. The van der Waals surface area contributed by atoms with Gasteiger partial charge in [-0.1, -0.05) is 74.5 Å². The van der Waals surface area contributed by atoms with Crippen molar-refractivity contribution in [1.82, 2.24) is 15.5 Å². The van der Waals surface area contributed by atoms with Crippen molar-refractivity contribution in [2.45, 2.75) is 32.7 Å². The van der Waals surface area contributed by atoms with E-state index in [2.05, 4.69) is 10.6 Å². The van der Waals surface area contributed by atoms with Crippen LogP contribution in [-0.4, -0.2) is 36.5 Å². The third-order valence-corrected chi connectivity index (χ3v) is 4.25. The van der Waals surface area contributed by atoms with E-state index in [1.165, 1.54) is 0 Å². The molecule has 0 atom stereocenters. The van der Waals surface area contributed by atoms with Crippen molar-refractivity contribution < 1.29 is 9.59 Å². The number of benzene rings is 2. The average Bonchev–Trinajstić information content (AvgIpc) is 2.69. The van der Waals surface area contributed by atoms with E-state index in [0.29, 0.717) is 13.1 Å². The monoisotopic (exact) mass is 367 g/mol. The van der Waals surface area contributed by atoms with Gasteiger partial charge in [-0.2, -0.15) is 0 Å². The molecule has 144 valence electrons. The van der Waals surface area contributed by atoms with Gasteiger partial charge in [-0.3, -0.25) is 15.4 Å². The molecule has 0 saturated heterocycles. The van der Waals surface area contributed by atoms with Crippen molar-refractivity contribution in [2.75, 3.05) is 19.6 Å². The van der Waals surface area contributed by atoms with Gasteiger partial charge in [-0.25, -0.2) is 4.79 Å². The first kappa shape index (κ1) is 20.6. The summed E-state index contributed by atoms with van der Waals surface area (Å²) < 4.78 is 0. The molecular weight excluding hydrogens is 338 g/mol. The van der Waals surface area contributed by atoms with Gasteiger partial charge in [0.2, 0.25) is 5.91 Å². The van der Waals surface area contributed by atoms with Gasteiger partial charge < -0.3 is 4.90 Å². The smallest absolute Gasteiger partial charge is 0.324 e. The molecule has 2 N–H and O–H groups in total. The minimum absolute atomic E-state index is 0.0618. The highest BCUT2D eigenvalue weighted by atomic mass is 16.2. The van der Waals surface area contributed by atoms with Gasteiger partial charge >= 0.3 is 6.03 Å². The molecule has 27 heavy (non-hydrogen) atoms. The van der Waals surface area contributed by atoms with Crippen LogP contribution in [0.15, 0.2) is 60.7 Å². The normalized spacial score (nSPS) is 10.6. The molecule has 0 unspecified atom stereocenters. The van der Waals surface area contributed by atoms with Crippen molar-refractivity contribution in [1.29, 1.82) is 0 Å². The molecule has 3 amide bonds. The number of urea groups is 1. The Morgan fingerprint density at radius 1 is 0.852 bits per heavy atom. The van der Waals surface area contributed by atoms with E-state index in [1.807, 2.05) is 74.5 Å². The maximum Gasteiger partial charge on any atom is 0.324 e. The highest BCUT2D eigenvalue weighted by Crippen LogP contribution is 2.21. The Hall–Kier alpha value is -2.66. The second-order valence-electron chi connectivity index (χ2n) is 6.48. The minimum atomic E-state index is -0.325. The Bertz CT molecular complexity index is 659. The molecule has 5 nitrogen and oxygen atoms in total. The Morgan fingerprint density at radius 2 is 1.33 bits per heavy atom. The Morgan fingerprint density at radius 3 is 1.78 bits per heavy atom. The standard InChI is InChI=1S/C22H29N3O2/c1-3-15-25(16-4-2)22(27)24-20(26)17-23-21(18-11-7-5-8-12-18)19-13-9-6-10-14-19/h5-14,21,23H,3-4,15-17H2,1-2H3,(H,24,26,27). The van der Waals surface area contributed by atoms with Crippen molar-refractivity contribution in [2.24, 2.45) is 0 Å². The first-order chi connectivity index (χ1) is 13.2. The molecule has 2 aromatic carbocycles. The van der Waals surface area contributed by atoms with Gasteiger partial charge in [0.15, 0.2) is 0 Å². The minimum Gasteiger partial charge on any atom is -0.324 e. The van der Waals surface area contributed by atoms with Crippen LogP contribution in [0.2, 0.25) is 0 Å². The first-order valence-corrected chi connectivity index (χ1v) is 9.57. The summed E-state index contributed by atoms with van der Waals surface area (Å²) in [4.78, 5) is 26.3. The number of nitrogens with zero attached hydrogens (tertiary/aromatic N) is 1. The Labute approximate surface area is 161 Å². The van der Waals surface area contributed by atoms with E-state index in [9.17, 15) is 9.59 Å². The van der Waals surface area contributed by atoms with Gasteiger partial charge in [-0.05, 0) is 24.0 Å². The lowest BCUT2D eigenvalue weighted by Crippen LogP contribution is -2.46. The van der Waals surface area contributed by atoms with Crippen LogP contribution in [0.25, 0.3) is 0 Å². The third-order valence-electron chi connectivity index (χ3n) is 4.25. The summed E-state index contributed by atoms with van der Waals surface area (Å²) in [6.07, 6.45) is 1.73. The molecule has 0 spiro atoms. The SMILES string of the molecule is CCCN(CCC)C(=O)NC(=O)CNC(c1ccccc1)c1ccccc1. The molecule has 2 rings (SSSR count). The van der Waals surface area contributed by atoms with Crippen LogP contribution in [0, 0.1) is 0 Å². The second-order valence-corrected chi connectivity index (χ2v) is 6.48. The fourth-order valence-electron chi connectivity index (χ4n) is 3.01. The number of amides is 3. The van der Waals surface area contributed by atoms with Gasteiger partial charge in [0.1, 0.15) is 0 Å². The maximum absolute atomic E-state index is 12.3. The van der Waals surface area contributed by atoms with E-state index < -0.39 is 0 Å². The Kier molecular flexibility index (Phi) is 8.52. The number of carbonyl (C=O) groups is 2. The zero-order valence-corrected chi connectivity index (χ0v) is 16.2. The quantitative estimate of drug-likeness (QED) is 0.710. The highest BCUT2D eigenvalue weighted by Gasteiger charge is 2.18. The van der Waals surface area contributed by atoms with Crippen LogP contribution in [0.5, 0.6) is 0 Å². The molecule has 2 aromatic rings. The summed E-state index contributed by atoms with van der Waals surface area (Å²) >= 11 is 0. The maximum atomic E-state index is 12.3. The molecule has 0 aromatic heterocycles. The molecule has 0 fully saturated rings. The average molecular weight is 367 g/mol. The van der Waals surface area contributed by atoms with Crippen LogP contribution in [0.4, 0.5) is 4.79 Å². The lowest BCUT2D eigenvalue weighted by Gasteiger charge is -2.22. The fraction of sp³-hybridized carbons (Fsp3) is 0.364. The van der Waals surface area contributed by atoms with Gasteiger partial charge in [0.05, 0.1) is 12.6 Å². The fourth-order valence-corrected chi connectivity index (χ4v) is 3.01. The van der Waals surface area contributed by atoms with Gasteiger partial charge in [-0.15, -0.1) is 0 Å². The summed E-state index contributed by atoms with van der Waals surface area (Å²) in [6.45, 7) is 5.40. The number of hydrogen-bond acceptors (Lipinski definition) is 3. The van der Waals surface area contributed by atoms with Crippen LogP contribution in [0.1, 0.15) is 43.9 Å². The van der Waals surface area contributed by atoms with E-state index in [1.54, 1.807) is 4.90 Å². The molecule has 0 aliphatic carbocycles. The van der Waals surface area contributed by atoms with Gasteiger partial charge in [0.25, 0.3) is 0 Å². The predicted octanol–water partition coefficient (Wildman–Crippen LogP) is 3.72. The lowest BCUT2D eigenvalue weighted by atomic mass is 9.99. The van der Waals surface area contributed by atoms with E-state index in [-0.39, 0.29) is 24.5 Å².